The second-order valence-electron chi connectivity index (χ2n) is 11.8. The predicted molar refractivity (Wildman–Crippen MR) is 175 cm³/mol. The fourth-order valence-electron chi connectivity index (χ4n) is 6.25. The number of aromatic nitrogens is 8. The molecule has 1 aliphatic heterocycles. The van der Waals surface area contributed by atoms with E-state index in [1.54, 1.807) is 34.5 Å². The van der Waals surface area contributed by atoms with Gasteiger partial charge in [-0.3, -0.25) is 9.58 Å². The van der Waals surface area contributed by atoms with Crippen molar-refractivity contribution in [1.82, 2.24) is 44.8 Å². The van der Waals surface area contributed by atoms with E-state index in [1.807, 2.05) is 65.3 Å². The van der Waals surface area contributed by atoms with Gasteiger partial charge in [-0.2, -0.15) is 20.4 Å². The minimum absolute atomic E-state index is 0.0382. The first-order valence-corrected chi connectivity index (χ1v) is 15.8. The highest BCUT2D eigenvalue weighted by Gasteiger charge is 2.31. The number of rotatable bonds is 8. The second kappa shape index (κ2) is 13.3. The first-order chi connectivity index (χ1) is 23.0. The Hall–Kier alpha value is -5.84. The number of aryl methyl sites for hydroxylation is 1. The summed E-state index contributed by atoms with van der Waals surface area (Å²) in [6.07, 6.45) is 11.8. The summed E-state index contributed by atoms with van der Waals surface area (Å²) < 4.78 is 3.63. The Labute approximate surface area is 272 Å². The van der Waals surface area contributed by atoms with Crippen LogP contribution >= 0.6 is 0 Å². The van der Waals surface area contributed by atoms with Crippen LogP contribution in [0.4, 0.5) is 22.4 Å². The van der Waals surface area contributed by atoms with E-state index >= 15 is 0 Å². The molecule has 14 nitrogen and oxygen atoms in total. The second-order valence-corrected chi connectivity index (χ2v) is 11.8. The van der Waals surface area contributed by atoms with Gasteiger partial charge in [0.2, 0.25) is 5.95 Å². The fraction of sp³-hybridized carbons (Fsp3) is 0.333. The number of carbonyl (C=O) groups excluding carboxylic acids is 1. The van der Waals surface area contributed by atoms with Crippen molar-refractivity contribution in [3.63, 3.8) is 0 Å². The lowest BCUT2D eigenvalue weighted by Crippen LogP contribution is -2.49. The van der Waals surface area contributed by atoms with E-state index in [-0.39, 0.29) is 18.1 Å². The maximum atomic E-state index is 13.7. The van der Waals surface area contributed by atoms with Gasteiger partial charge in [0.1, 0.15) is 29.6 Å². The maximum Gasteiger partial charge on any atom is 0.323 e. The number of anilines is 3. The van der Waals surface area contributed by atoms with Crippen molar-refractivity contribution in [2.24, 2.45) is 7.05 Å². The lowest BCUT2D eigenvalue weighted by Gasteiger charge is -2.36. The standard InChI is InChI=1S/C33H35N13O/c1-43-20-26(19-39-43)24-7-12-29(35-17-24)46(33(47)37-16-23-5-3-2-4-6-23)28-10-8-27(9-11-28)41-32-36-18-25(15-34)31(42-32)44-13-14-45-30(21-44)38-22-40-45/h2-7,12,17-20,22,27-28H,8-11,13-14,16,21H2,1H3,(H,37,47)(H,36,41,42)/t27-,28-. The number of fused-ring (bicyclic) bond motifs is 1. The molecule has 0 saturated heterocycles. The minimum atomic E-state index is -0.177. The van der Waals surface area contributed by atoms with Crippen molar-refractivity contribution in [3.8, 4) is 17.2 Å². The lowest BCUT2D eigenvalue weighted by molar-refractivity contribution is 0.240. The molecule has 1 aliphatic carbocycles. The summed E-state index contributed by atoms with van der Waals surface area (Å²) in [5.74, 6) is 2.52. The number of hydrogen-bond donors (Lipinski definition) is 2. The molecule has 0 unspecified atom stereocenters. The van der Waals surface area contributed by atoms with Gasteiger partial charge in [0, 0.05) is 55.7 Å². The summed E-state index contributed by atoms with van der Waals surface area (Å²) >= 11 is 0. The molecule has 238 valence electrons. The van der Waals surface area contributed by atoms with Gasteiger partial charge in [-0.25, -0.2) is 24.4 Å². The zero-order chi connectivity index (χ0) is 32.2. The summed E-state index contributed by atoms with van der Waals surface area (Å²) in [5, 5.41) is 24.9. The first kappa shape index (κ1) is 29.8. The molecule has 0 spiro atoms. The van der Waals surface area contributed by atoms with Gasteiger partial charge >= 0.3 is 6.03 Å². The van der Waals surface area contributed by atoms with Crippen molar-refractivity contribution in [1.29, 1.82) is 5.26 Å². The molecule has 1 aromatic carbocycles. The predicted octanol–water partition coefficient (Wildman–Crippen LogP) is 3.89. The smallest absolute Gasteiger partial charge is 0.323 e. The highest BCUT2D eigenvalue weighted by Crippen LogP contribution is 2.30. The van der Waals surface area contributed by atoms with Crippen LogP contribution in [0, 0.1) is 11.3 Å². The monoisotopic (exact) mass is 629 g/mol. The highest BCUT2D eigenvalue weighted by molar-refractivity contribution is 5.91. The molecule has 5 heterocycles. The largest absolute Gasteiger partial charge is 0.351 e. The number of benzene rings is 1. The normalized spacial score (nSPS) is 17.4. The molecule has 1 fully saturated rings. The molecule has 0 bridgehead atoms. The van der Waals surface area contributed by atoms with E-state index in [9.17, 15) is 10.1 Å². The first-order valence-electron chi connectivity index (χ1n) is 15.8. The molecule has 2 N–H and O–H groups in total. The molecule has 4 aromatic heterocycles. The Morgan fingerprint density at radius 1 is 0.979 bits per heavy atom. The molecular weight excluding hydrogens is 594 g/mol. The Balaban J connectivity index is 1.04. The molecule has 5 aromatic rings. The number of nitrogens with zero attached hydrogens (tertiary/aromatic N) is 11. The van der Waals surface area contributed by atoms with Crippen molar-refractivity contribution in [2.45, 2.75) is 57.4 Å². The third-order valence-corrected chi connectivity index (χ3v) is 8.73. The minimum Gasteiger partial charge on any atom is -0.351 e. The van der Waals surface area contributed by atoms with Gasteiger partial charge in [0.25, 0.3) is 0 Å². The topological polar surface area (TPSA) is 159 Å². The van der Waals surface area contributed by atoms with Crippen LogP contribution in [0.1, 0.15) is 42.6 Å². The lowest BCUT2D eigenvalue weighted by atomic mass is 9.90. The van der Waals surface area contributed by atoms with Crippen LogP contribution in [0.15, 0.2) is 73.6 Å². The number of carbonyl (C=O) groups is 1. The molecular formula is C33H35N13O. The van der Waals surface area contributed by atoms with Crippen LogP contribution in [0.5, 0.6) is 0 Å². The molecule has 7 rings (SSSR count). The summed E-state index contributed by atoms with van der Waals surface area (Å²) in [6.45, 7) is 2.30. The highest BCUT2D eigenvalue weighted by atomic mass is 16.2. The molecule has 1 saturated carbocycles. The van der Waals surface area contributed by atoms with Crippen LogP contribution in [-0.2, 0) is 26.7 Å². The summed E-state index contributed by atoms with van der Waals surface area (Å²) in [7, 11) is 1.88. The SMILES string of the molecule is Cn1cc(-c2ccc(N(C(=O)NCc3ccccc3)[C@H]3CC[C@H](Nc4ncc(C#N)c(N5CCn6ncnc6C5)n4)CC3)nc2)cn1. The van der Waals surface area contributed by atoms with Crippen LogP contribution in [0.3, 0.4) is 0 Å². The summed E-state index contributed by atoms with van der Waals surface area (Å²) in [4.78, 5) is 35.9. The molecule has 2 aliphatic rings. The van der Waals surface area contributed by atoms with Crippen LogP contribution in [0.2, 0.25) is 0 Å². The number of nitriles is 1. The maximum absolute atomic E-state index is 13.7. The van der Waals surface area contributed by atoms with Crippen LogP contribution < -0.4 is 20.4 Å². The third-order valence-electron chi connectivity index (χ3n) is 8.73. The number of pyridine rings is 1. The van der Waals surface area contributed by atoms with E-state index in [4.69, 9.17) is 9.97 Å². The number of nitrogens with one attached hydrogen (secondary N) is 2. The van der Waals surface area contributed by atoms with E-state index in [2.05, 4.69) is 36.9 Å². The van der Waals surface area contributed by atoms with Gasteiger partial charge in [-0.1, -0.05) is 30.3 Å². The van der Waals surface area contributed by atoms with E-state index in [0.717, 1.165) is 48.2 Å². The zero-order valence-electron chi connectivity index (χ0n) is 26.1. The zero-order valence-corrected chi connectivity index (χ0v) is 26.1. The van der Waals surface area contributed by atoms with Crippen LogP contribution in [0.25, 0.3) is 11.1 Å². The Morgan fingerprint density at radius 2 is 1.83 bits per heavy atom. The Kier molecular flexibility index (Phi) is 8.42. The van der Waals surface area contributed by atoms with Gasteiger partial charge in [-0.05, 0) is 43.4 Å². The number of amides is 2. The number of urea groups is 1. The van der Waals surface area contributed by atoms with Gasteiger partial charge in [-0.15, -0.1) is 0 Å². The van der Waals surface area contributed by atoms with Crippen molar-refractivity contribution in [3.05, 3.63) is 90.5 Å². The van der Waals surface area contributed by atoms with Crippen molar-refractivity contribution in [2.75, 3.05) is 21.7 Å². The molecule has 0 radical (unpaired) electrons. The fourth-order valence-corrected chi connectivity index (χ4v) is 6.25. The van der Waals surface area contributed by atoms with Gasteiger partial charge in [0.05, 0.1) is 25.5 Å². The van der Waals surface area contributed by atoms with E-state index in [0.29, 0.717) is 49.3 Å². The Bertz CT molecular complexity index is 1870. The van der Waals surface area contributed by atoms with Gasteiger partial charge in [0.15, 0.2) is 5.82 Å². The van der Waals surface area contributed by atoms with E-state index in [1.165, 1.54) is 0 Å². The molecule has 14 heteroatoms. The Morgan fingerprint density at radius 3 is 2.57 bits per heavy atom. The molecule has 0 atom stereocenters. The molecule has 2 amide bonds. The quantitative estimate of drug-likeness (QED) is 0.258. The van der Waals surface area contributed by atoms with Gasteiger partial charge < -0.3 is 15.5 Å². The van der Waals surface area contributed by atoms with E-state index < -0.39 is 0 Å². The average Bonchev–Trinajstić information content (AvgIpc) is 3.77. The average molecular weight is 630 g/mol. The van der Waals surface area contributed by atoms with Crippen LogP contribution in [-0.4, -0.2) is 64.2 Å². The summed E-state index contributed by atoms with van der Waals surface area (Å²) in [6, 6.07) is 15.9. The molecule has 47 heavy (non-hydrogen) atoms. The van der Waals surface area contributed by atoms with Crippen molar-refractivity contribution >= 4 is 23.6 Å². The number of hydrogen-bond acceptors (Lipinski definition) is 10. The summed E-state index contributed by atoms with van der Waals surface area (Å²) in [5.41, 5.74) is 3.36. The third kappa shape index (κ3) is 6.60. The van der Waals surface area contributed by atoms with Crippen molar-refractivity contribution < 1.29 is 4.79 Å².